The number of aromatic nitrogens is 4. The van der Waals surface area contributed by atoms with Crippen LogP contribution in [-0.4, -0.2) is 59.0 Å². The molecule has 0 atom stereocenters. The van der Waals surface area contributed by atoms with Crippen LogP contribution in [0.1, 0.15) is 19.3 Å². The third-order valence-electron chi connectivity index (χ3n) is 4.72. The Morgan fingerprint density at radius 3 is 2.72 bits per heavy atom. The van der Waals surface area contributed by atoms with Gasteiger partial charge in [0, 0.05) is 33.7 Å². The van der Waals surface area contributed by atoms with Crippen LogP contribution < -0.4 is 15.5 Å². The van der Waals surface area contributed by atoms with Gasteiger partial charge < -0.3 is 9.47 Å². The second kappa shape index (κ2) is 7.20. The summed E-state index contributed by atoms with van der Waals surface area (Å²) in [5, 5.41) is 0. The molecule has 0 aliphatic carbocycles. The van der Waals surface area contributed by atoms with E-state index in [4.69, 9.17) is 5.84 Å². The first-order chi connectivity index (χ1) is 11.9. The summed E-state index contributed by atoms with van der Waals surface area (Å²) in [6.45, 7) is 2.03. The fraction of sp³-hybridized carbons (Fsp3) is 0.643. The first kappa shape index (κ1) is 18.0. The SMILES string of the molecule is CNS(=O)(=O)N(N)CCC1CCN(c2ncnc3c2ncn3C)CC1. The van der Waals surface area contributed by atoms with E-state index in [1.807, 2.05) is 11.6 Å². The number of anilines is 1. The fourth-order valence-electron chi connectivity index (χ4n) is 3.15. The molecule has 0 radical (unpaired) electrons. The van der Waals surface area contributed by atoms with Crippen molar-refractivity contribution in [1.29, 1.82) is 0 Å². The number of hydrogen-bond donors (Lipinski definition) is 2. The zero-order valence-electron chi connectivity index (χ0n) is 14.5. The number of nitrogens with two attached hydrogens (primary N) is 1. The summed E-state index contributed by atoms with van der Waals surface area (Å²) in [7, 11) is -0.284. The topological polar surface area (TPSA) is 122 Å². The lowest BCUT2D eigenvalue weighted by atomic mass is 9.93. The lowest BCUT2D eigenvalue weighted by Gasteiger charge is -2.33. The van der Waals surface area contributed by atoms with Crippen molar-refractivity contribution in [2.75, 3.05) is 31.6 Å². The molecule has 3 rings (SSSR count). The van der Waals surface area contributed by atoms with Gasteiger partial charge in [-0.3, -0.25) is 5.84 Å². The van der Waals surface area contributed by atoms with E-state index in [-0.39, 0.29) is 0 Å². The van der Waals surface area contributed by atoms with Gasteiger partial charge in [-0.1, -0.05) is 0 Å². The molecule has 2 aromatic rings. The highest BCUT2D eigenvalue weighted by atomic mass is 32.2. The minimum absolute atomic E-state index is 0.311. The monoisotopic (exact) mass is 368 g/mol. The molecule has 2 aromatic heterocycles. The first-order valence-corrected chi connectivity index (χ1v) is 9.69. The zero-order valence-corrected chi connectivity index (χ0v) is 15.3. The first-order valence-electron chi connectivity index (χ1n) is 8.25. The number of nitrogens with zero attached hydrogens (tertiary/aromatic N) is 6. The van der Waals surface area contributed by atoms with Gasteiger partial charge in [-0.2, -0.15) is 8.42 Å². The Labute approximate surface area is 147 Å². The molecule has 0 bridgehead atoms. The molecule has 1 saturated heterocycles. The summed E-state index contributed by atoms with van der Waals surface area (Å²) in [6, 6.07) is 0. The lowest BCUT2D eigenvalue weighted by Crippen LogP contribution is -2.45. The van der Waals surface area contributed by atoms with Crippen LogP contribution in [0.5, 0.6) is 0 Å². The summed E-state index contributed by atoms with van der Waals surface area (Å²) in [4.78, 5) is 15.3. The third-order valence-corrected chi connectivity index (χ3v) is 6.03. The molecule has 11 heteroatoms. The predicted octanol–water partition coefficient (Wildman–Crippen LogP) is -0.390. The molecular formula is C14H24N8O2S. The predicted molar refractivity (Wildman–Crippen MR) is 94.7 cm³/mol. The van der Waals surface area contributed by atoms with Gasteiger partial charge in [0.2, 0.25) is 0 Å². The summed E-state index contributed by atoms with van der Waals surface area (Å²) >= 11 is 0. The van der Waals surface area contributed by atoms with Crippen LogP contribution in [0, 0.1) is 5.92 Å². The van der Waals surface area contributed by atoms with E-state index >= 15 is 0 Å². The summed E-state index contributed by atoms with van der Waals surface area (Å²) in [5.41, 5.74) is 1.64. The van der Waals surface area contributed by atoms with Crippen molar-refractivity contribution in [3.63, 3.8) is 0 Å². The van der Waals surface area contributed by atoms with Crippen LogP contribution in [0.2, 0.25) is 0 Å². The highest BCUT2D eigenvalue weighted by Crippen LogP contribution is 2.27. The van der Waals surface area contributed by atoms with Crippen molar-refractivity contribution in [3.05, 3.63) is 12.7 Å². The molecule has 1 aliphatic heterocycles. The summed E-state index contributed by atoms with van der Waals surface area (Å²) < 4.78 is 28.2. The van der Waals surface area contributed by atoms with Crippen molar-refractivity contribution in [2.24, 2.45) is 18.8 Å². The van der Waals surface area contributed by atoms with Crippen LogP contribution in [0.25, 0.3) is 11.2 Å². The van der Waals surface area contributed by atoms with E-state index in [1.165, 1.54) is 7.05 Å². The molecule has 1 aliphatic rings. The average Bonchev–Trinajstić information content (AvgIpc) is 3.01. The Morgan fingerprint density at radius 1 is 1.32 bits per heavy atom. The average molecular weight is 368 g/mol. The number of hydrazine groups is 1. The molecule has 3 heterocycles. The molecule has 0 aromatic carbocycles. The Kier molecular flexibility index (Phi) is 5.18. The molecule has 0 amide bonds. The standard InChI is InChI=1S/C14H24N8O2S/c1-16-25(23,24)22(15)8-5-11-3-6-21(7-4-11)14-12-13(17-9-18-14)20(2)10-19-12/h9-11,16H,3-8,15H2,1-2H3. The largest absolute Gasteiger partial charge is 0.355 e. The normalized spacial score (nSPS) is 16.9. The Hall–Kier alpha value is -1.82. The minimum atomic E-state index is -3.55. The van der Waals surface area contributed by atoms with Gasteiger partial charge in [0.15, 0.2) is 17.0 Å². The van der Waals surface area contributed by atoms with E-state index < -0.39 is 10.2 Å². The molecule has 0 spiro atoms. The maximum Gasteiger partial charge on any atom is 0.291 e. The van der Waals surface area contributed by atoms with Gasteiger partial charge in [-0.25, -0.2) is 19.7 Å². The van der Waals surface area contributed by atoms with Crippen LogP contribution >= 0.6 is 0 Å². The number of nitrogens with one attached hydrogen (secondary N) is 1. The molecule has 0 unspecified atom stereocenters. The highest BCUT2D eigenvalue weighted by molar-refractivity contribution is 7.87. The minimum Gasteiger partial charge on any atom is -0.355 e. The zero-order chi connectivity index (χ0) is 18.0. The second-order valence-corrected chi connectivity index (χ2v) is 8.09. The summed E-state index contributed by atoms with van der Waals surface area (Å²) in [6.07, 6.45) is 5.99. The van der Waals surface area contributed by atoms with Crippen molar-refractivity contribution >= 4 is 27.2 Å². The van der Waals surface area contributed by atoms with Crippen molar-refractivity contribution in [1.82, 2.24) is 28.7 Å². The van der Waals surface area contributed by atoms with Crippen molar-refractivity contribution < 1.29 is 8.42 Å². The fourth-order valence-corrected chi connectivity index (χ4v) is 3.73. The molecule has 138 valence electrons. The highest BCUT2D eigenvalue weighted by Gasteiger charge is 2.24. The Balaban J connectivity index is 1.58. The summed E-state index contributed by atoms with van der Waals surface area (Å²) in [5.74, 6) is 6.91. The molecule has 25 heavy (non-hydrogen) atoms. The molecule has 10 nitrogen and oxygen atoms in total. The number of imidazole rings is 1. The van der Waals surface area contributed by atoms with Crippen LogP contribution in [0.15, 0.2) is 12.7 Å². The number of aryl methyl sites for hydroxylation is 1. The second-order valence-electron chi connectivity index (χ2n) is 6.26. The Morgan fingerprint density at radius 2 is 2.04 bits per heavy atom. The molecule has 3 N–H and O–H groups in total. The smallest absolute Gasteiger partial charge is 0.291 e. The quantitative estimate of drug-likeness (QED) is 0.526. The van der Waals surface area contributed by atoms with Crippen molar-refractivity contribution in [3.8, 4) is 0 Å². The van der Waals surface area contributed by atoms with E-state index in [2.05, 4.69) is 24.6 Å². The third kappa shape index (κ3) is 3.73. The van der Waals surface area contributed by atoms with Gasteiger partial charge in [0.05, 0.1) is 6.33 Å². The maximum atomic E-state index is 11.6. The van der Waals surface area contributed by atoms with Gasteiger partial charge >= 0.3 is 0 Å². The number of piperidine rings is 1. The van der Waals surface area contributed by atoms with E-state index in [9.17, 15) is 8.42 Å². The number of fused-ring (bicyclic) bond motifs is 1. The van der Waals surface area contributed by atoms with Gasteiger partial charge in [-0.05, 0) is 25.2 Å². The van der Waals surface area contributed by atoms with Crippen molar-refractivity contribution in [2.45, 2.75) is 19.3 Å². The molecular weight excluding hydrogens is 344 g/mol. The van der Waals surface area contributed by atoms with Crippen LogP contribution in [-0.2, 0) is 17.3 Å². The van der Waals surface area contributed by atoms with Crippen LogP contribution in [0.3, 0.4) is 0 Å². The van der Waals surface area contributed by atoms with Gasteiger partial charge in [-0.15, -0.1) is 4.41 Å². The van der Waals surface area contributed by atoms with E-state index in [0.29, 0.717) is 12.5 Å². The van der Waals surface area contributed by atoms with E-state index in [0.717, 1.165) is 53.7 Å². The van der Waals surface area contributed by atoms with Gasteiger partial charge in [0.25, 0.3) is 10.2 Å². The number of hydrogen-bond acceptors (Lipinski definition) is 7. The van der Waals surface area contributed by atoms with E-state index in [1.54, 1.807) is 12.7 Å². The lowest BCUT2D eigenvalue weighted by molar-refractivity contribution is 0.327. The number of rotatable bonds is 6. The molecule has 0 saturated carbocycles. The molecule has 1 fully saturated rings. The van der Waals surface area contributed by atoms with Gasteiger partial charge in [0.1, 0.15) is 6.33 Å². The Bertz CT molecular complexity index is 828. The maximum absolute atomic E-state index is 11.6. The van der Waals surface area contributed by atoms with Crippen LogP contribution in [0.4, 0.5) is 5.82 Å².